The molecule has 0 spiro atoms. The van der Waals surface area contributed by atoms with E-state index in [1.807, 2.05) is 36.4 Å². The smallest absolute Gasteiger partial charge is 0.164 e. The van der Waals surface area contributed by atoms with E-state index in [1.54, 1.807) is 0 Å². The highest BCUT2D eigenvalue weighted by Gasteiger charge is 2.39. The van der Waals surface area contributed by atoms with Crippen molar-refractivity contribution < 1.29 is 0 Å². The molecule has 3 heterocycles. The number of rotatable bonds is 3. The number of para-hydroxylation sites is 1. The number of hydrogen-bond donors (Lipinski definition) is 0. The third kappa shape index (κ3) is 3.89. The van der Waals surface area contributed by atoms with Crippen molar-refractivity contribution in [1.29, 1.82) is 0 Å². The van der Waals surface area contributed by atoms with Gasteiger partial charge in [0.1, 0.15) is 0 Å². The molecular formula is C45H34N4. The van der Waals surface area contributed by atoms with Gasteiger partial charge in [-0.2, -0.15) is 0 Å². The van der Waals surface area contributed by atoms with Crippen LogP contribution in [0.5, 0.6) is 0 Å². The summed E-state index contributed by atoms with van der Waals surface area (Å²) in [6.45, 7) is 9.42. The SMILES string of the molecule is CC1(C)c2ccccc2-c2cc3c4cc(-c5nc(-c6ccccc6)nc(-c6ccccc6)n5)cc5c4n(c3cc21)-c1ccccc1C5(C)C. The van der Waals surface area contributed by atoms with E-state index in [0.29, 0.717) is 17.5 Å². The number of hydrogen-bond acceptors (Lipinski definition) is 3. The zero-order chi connectivity index (χ0) is 33.1. The van der Waals surface area contributed by atoms with Gasteiger partial charge in [-0.1, -0.05) is 131 Å². The van der Waals surface area contributed by atoms with Gasteiger partial charge in [-0.25, -0.2) is 15.0 Å². The average molecular weight is 631 g/mol. The number of benzene rings is 6. The molecule has 1 aliphatic heterocycles. The van der Waals surface area contributed by atoms with E-state index in [4.69, 9.17) is 15.0 Å². The maximum Gasteiger partial charge on any atom is 0.164 e. The molecule has 0 radical (unpaired) electrons. The Kier molecular flexibility index (Phi) is 5.65. The van der Waals surface area contributed by atoms with Gasteiger partial charge >= 0.3 is 0 Å². The second-order valence-corrected chi connectivity index (χ2v) is 14.5. The minimum Gasteiger partial charge on any atom is -0.309 e. The summed E-state index contributed by atoms with van der Waals surface area (Å²) in [5.41, 5.74) is 14.3. The van der Waals surface area contributed by atoms with Crippen molar-refractivity contribution in [3.05, 3.63) is 156 Å². The van der Waals surface area contributed by atoms with Gasteiger partial charge in [-0.15, -0.1) is 0 Å². The minimum atomic E-state index is -0.249. The Bertz CT molecular complexity index is 2590. The lowest BCUT2D eigenvalue weighted by Crippen LogP contribution is -2.26. The van der Waals surface area contributed by atoms with E-state index in [1.165, 1.54) is 60.9 Å². The van der Waals surface area contributed by atoms with Gasteiger partial charge in [0.25, 0.3) is 0 Å². The summed E-state index contributed by atoms with van der Waals surface area (Å²) in [6, 6.07) is 47.8. The summed E-state index contributed by atoms with van der Waals surface area (Å²) in [6.07, 6.45) is 0. The van der Waals surface area contributed by atoms with Gasteiger partial charge in [0.05, 0.1) is 16.7 Å². The number of fused-ring (bicyclic) bond motifs is 8. The molecule has 234 valence electrons. The lowest BCUT2D eigenvalue weighted by Gasteiger charge is -2.35. The van der Waals surface area contributed by atoms with Gasteiger partial charge in [0.15, 0.2) is 17.5 Å². The molecule has 2 aliphatic rings. The molecule has 2 aromatic heterocycles. The molecule has 4 heteroatoms. The van der Waals surface area contributed by atoms with Crippen LogP contribution in [0.1, 0.15) is 49.9 Å². The van der Waals surface area contributed by atoms with Crippen LogP contribution in [-0.4, -0.2) is 19.5 Å². The van der Waals surface area contributed by atoms with Crippen molar-refractivity contribution in [1.82, 2.24) is 19.5 Å². The Balaban J connectivity index is 1.32. The summed E-state index contributed by atoms with van der Waals surface area (Å²) >= 11 is 0. The zero-order valence-corrected chi connectivity index (χ0v) is 28.0. The topological polar surface area (TPSA) is 43.6 Å². The fourth-order valence-corrected chi connectivity index (χ4v) is 8.47. The van der Waals surface area contributed by atoms with Crippen LogP contribution in [0.15, 0.2) is 133 Å². The molecule has 4 nitrogen and oxygen atoms in total. The second-order valence-electron chi connectivity index (χ2n) is 14.5. The predicted molar refractivity (Wildman–Crippen MR) is 200 cm³/mol. The molecule has 1 aliphatic carbocycles. The second kappa shape index (κ2) is 9.83. The summed E-state index contributed by atoms with van der Waals surface area (Å²) < 4.78 is 2.52. The lowest BCUT2D eigenvalue weighted by molar-refractivity contribution is 0.630. The summed E-state index contributed by atoms with van der Waals surface area (Å²) in [7, 11) is 0. The molecule has 49 heavy (non-hydrogen) atoms. The van der Waals surface area contributed by atoms with Gasteiger partial charge in [0.2, 0.25) is 0 Å². The first kappa shape index (κ1) is 28.2. The van der Waals surface area contributed by atoms with Gasteiger partial charge < -0.3 is 4.57 Å². The molecule has 0 saturated carbocycles. The third-order valence-electron chi connectivity index (χ3n) is 11.0. The van der Waals surface area contributed by atoms with Gasteiger partial charge in [0, 0.05) is 38.3 Å². The maximum atomic E-state index is 5.16. The molecule has 0 amide bonds. The molecule has 0 fully saturated rings. The third-order valence-corrected chi connectivity index (χ3v) is 11.0. The van der Waals surface area contributed by atoms with E-state index < -0.39 is 0 Å². The highest BCUT2D eigenvalue weighted by molar-refractivity contribution is 6.14. The summed E-state index contributed by atoms with van der Waals surface area (Å²) in [5, 5.41) is 2.47. The lowest BCUT2D eigenvalue weighted by atomic mass is 9.74. The Hall–Kier alpha value is -5.87. The quantitative estimate of drug-likeness (QED) is 0.195. The molecule has 6 aromatic carbocycles. The van der Waals surface area contributed by atoms with Crippen LogP contribution in [0.4, 0.5) is 0 Å². The first-order chi connectivity index (χ1) is 23.8. The molecule has 0 atom stereocenters. The van der Waals surface area contributed by atoms with Crippen molar-refractivity contribution in [2.45, 2.75) is 38.5 Å². The molecule has 0 saturated heterocycles. The molecule has 10 rings (SSSR count). The fraction of sp³-hybridized carbons (Fsp3) is 0.133. The van der Waals surface area contributed by atoms with Crippen LogP contribution < -0.4 is 0 Å². The Labute approximate surface area is 285 Å². The van der Waals surface area contributed by atoms with Gasteiger partial charge in [-0.05, 0) is 63.7 Å². The first-order valence-electron chi connectivity index (χ1n) is 17.0. The average Bonchev–Trinajstić information content (AvgIpc) is 3.58. The van der Waals surface area contributed by atoms with Crippen LogP contribution in [0, 0.1) is 0 Å². The molecule has 0 bridgehead atoms. The largest absolute Gasteiger partial charge is 0.309 e. The Morgan fingerprint density at radius 3 is 1.65 bits per heavy atom. The van der Waals surface area contributed by atoms with E-state index >= 15 is 0 Å². The highest BCUT2D eigenvalue weighted by atomic mass is 15.0. The predicted octanol–water partition coefficient (Wildman–Crippen LogP) is 10.9. The van der Waals surface area contributed by atoms with E-state index in [-0.39, 0.29) is 10.8 Å². The van der Waals surface area contributed by atoms with Crippen LogP contribution in [0.25, 0.3) is 72.8 Å². The fourth-order valence-electron chi connectivity index (χ4n) is 8.47. The number of nitrogens with zero attached hydrogens (tertiary/aromatic N) is 4. The van der Waals surface area contributed by atoms with Crippen LogP contribution in [0.3, 0.4) is 0 Å². The van der Waals surface area contributed by atoms with Crippen molar-refractivity contribution in [2.75, 3.05) is 0 Å². The zero-order valence-electron chi connectivity index (χ0n) is 28.0. The van der Waals surface area contributed by atoms with Crippen molar-refractivity contribution in [3.63, 3.8) is 0 Å². The first-order valence-corrected chi connectivity index (χ1v) is 17.0. The Morgan fingerprint density at radius 1 is 0.429 bits per heavy atom. The van der Waals surface area contributed by atoms with Gasteiger partial charge in [-0.3, -0.25) is 0 Å². The number of aromatic nitrogens is 4. The summed E-state index contributed by atoms with van der Waals surface area (Å²) in [4.78, 5) is 15.3. The highest BCUT2D eigenvalue weighted by Crippen LogP contribution is 2.53. The Morgan fingerprint density at radius 2 is 0.980 bits per heavy atom. The molecular weight excluding hydrogens is 597 g/mol. The van der Waals surface area contributed by atoms with Crippen molar-refractivity contribution >= 4 is 21.8 Å². The van der Waals surface area contributed by atoms with Crippen LogP contribution >= 0.6 is 0 Å². The van der Waals surface area contributed by atoms with Crippen LogP contribution in [0.2, 0.25) is 0 Å². The van der Waals surface area contributed by atoms with Crippen LogP contribution in [-0.2, 0) is 10.8 Å². The van der Waals surface area contributed by atoms with Crippen molar-refractivity contribution in [3.8, 4) is 51.0 Å². The monoisotopic (exact) mass is 630 g/mol. The van der Waals surface area contributed by atoms with E-state index in [0.717, 1.165) is 16.7 Å². The molecule has 0 N–H and O–H groups in total. The standard InChI is InChI=1S/C45H34N4/c1-44(2)34-20-12-11-19-30(34)31-25-32-33-23-29(43-47-41(27-15-7-5-8-16-27)46-42(48-43)28-17-9-6-10-18-28)24-37-40(33)49(39(32)26-36(31)44)38-22-14-13-21-35(38)45(37,3)4/h5-26H,1-4H3. The molecule has 8 aromatic rings. The summed E-state index contributed by atoms with van der Waals surface area (Å²) in [5.74, 6) is 2.01. The minimum absolute atomic E-state index is 0.0924. The van der Waals surface area contributed by atoms with E-state index in [2.05, 4.69) is 129 Å². The van der Waals surface area contributed by atoms with Crippen molar-refractivity contribution in [2.24, 2.45) is 0 Å². The van der Waals surface area contributed by atoms with E-state index in [9.17, 15) is 0 Å². The molecule has 0 unspecified atom stereocenters. The maximum absolute atomic E-state index is 5.16. The normalized spacial score (nSPS) is 14.9.